The molecule has 1 aliphatic rings. The summed E-state index contributed by atoms with van der Waals surface area (Å²) in [4.78, 5) is 38.4. The van der Waals surface area contributed by atoms with Crippen LogP contribution in [0.4, 0.5) is 5.69 Å². The Morgan fingerprint density at radius 1 is 1.11 bits per heavy atom. The molecule has 0 aromatic heterocycles. The standard InChI is InChI=1S/C21H22N2O4/c1-15(20(25)22-18-10-6-3-7-11-18)27-21(26)17-12-19(24)23(14-17)13-16-8-4-2-5-9-16/h2-11,15,17H,12-14H2,1H3,(H,22,25)/t15-,17+/m1/s1. The van der Waals surface area contributed by atoms with Crippen molar-refractivity contribution in [1.29, 1.82) is 0 Å². The van der Waals surface area contributed by atoms with Gasteiger partial charge in [-0.15, -0.1) is 0 Å². The first kappa shape index (κ1) is 18.6. The molecule has 1 N–H and O–H groups in total. The monoisotopic (exact) mass is 366 g/mol. The minimum Gasteiger partial charge on any atom is -0.452 e. The van der Waals surface area contributed by atoms with E-state index in [1.165, 1.54) is 6.92 Å². The van der Waals surface area contributed by atoms with Crippen molar-refractivity contribution in [2.24, 2.45) is 5.92 Å². The van der Waals surface area contributed by atoms with Crippen LogP contribution in [0.15, 0.2) is 60.7 Å². The number of carbonyl (C=O) groups excluding carboxylic acids is 3. The average molecular weight is 366 g/mol. The topological polar surface area (TPSA) is 75.7 Å². The number of nitrogens with one attached hydrogen (secondary N) is 1. The summed E-state index contributed by atoms with van der Waals surface area (Å²) in [6.07, 6.45) is -0.824. The highest BCUT2D eigenvalue weighted by atomic mass is 16.5. The molecule has 27 heavy (non-hydrogen) atoms. The van der Waals surface area contributed by atoms with Crippen molar-refractivity contribution in [2.45, 2.75) is 26.0 Å². The van der Waals surface area contributed by atoms with Gasteiger partial charge < -0.3 is 15.0 Å². The van der Waals surface area contributed by atoms with Crippen LogP contribution in [0.5, 0.6) is 0 Å². The second-order valence-corrected chi connectivity index (χ2v) is 6.60. The molecule has 0 aliphatic carbocycles. The van der Waals surface area contributed by atoms with Gasteiger partial charge in [0.1, 0.15) is 0 Å². The number of benzene rings is 2. The number of rotatable bonds is 6. The lowest BCUT2D eigenvalue weighted by Gasteiger charge is -2.18. The van der Waals surface area contributed by atoms with Crippen molar-refractivity contribution in [1.82, 2.24) is 4.90 Å². The lowest BCUT2D eigenvalue weighted by molar-refractivity contribution is -0.157. The highest BCUT2D eigenvalue weighted by Crippen LogP contribution is 2.22. The molecule has 2 atom stereocenters. The molecule has 0 bridgehead atoms. The molecule has 3 rings (SSSR count). The summed E-state index contributed by atoms with van der Waals surface area (Å²) >= 11 is 0. The molecule has 0 radical (unpaired) electrons. The largest absolute Gasteiger partial charge is 0.452 e. The van der Waals surface area contributed by atoms with Crippen LogP contribution in [0.3, 0.4) is 0 Å². The molecular formula is C21H22N2O4. The van der Waals surface area contributed by atoms with Gasteiger partial charge in [0.25, 0.3) is 5.91 Å². The highest BCUT2D eigenvalue weighted by molar-refractivity contribution is 5.95. The third-order valence-electron chi connectivity index (χ3n) is 4.47. The van der Waals surface area contributed by atoms with E-state index in [1.54, 1.807) is 29.2 Å². The Labute approximate surface area is 158 Å². The molecule has 140 valence electrons. The summed E-state index contributed by atoms with van der Waals surface area (Å²) in [6, 6.07) is 18.6. The van der Waals surface area contributed by atoms with E-state index in [9.17, 15) is 14.4 Å². The fourth-order valence-electron chi connectivity index (χ4n) is 2.98. The lowest BCUT2D eigenvalue weighted by atomic mass is 10.1. The predicted molar refractivity (Wildman–Crippen MR) is 101 cm³/mol. The van der Waals surface area contributed by atoms with Gasteiger partial charge in [-0.2, -0.15) is 0 Å². The van der Waals surface area contributed by atoms with Gasteiger partial charge in [-0.1, -0.05) is 48.5 Å². The SMILES string of the molecule is C[C@@H](OC(=O)[C@H]1CC(=O)N(Cc2ccccc2)C1)C(=O)Nc1ccccc1. The van der Waals surface area contributed by atoms with Crippen molar-refractivity contribution in [2.75, 3.05) is 11.9 Å². The van der Waals surface area contributed by atoms with Gasteiger partial charge in [0, 0.05) is 25.2 Å². The summed E-state index contributed by atoms with van der Waals surface area (Å²) < 4.78 is 5.29. The Kier molecular flexibility index (Phi) is 5.86. The summed E-state index contributed by atoms with van der Waals surface area (Å²) in [5, 5.41) is 2.69. The van der Waals surface area contributed by atoms with Crippen LogP contribution in [0.1, 0.15) is 18.9 Å². The van der Waals surface area contributed by atoms with Gasteiger partial charge in [0.2, 0.25) is 5.91 Å². The van der Waals surface area contributed by atoms with Crippen LogP contribution in [-0.2, 0) is 25.7 Å². The van der Waals surface area contributed by atoms with Crippen LogP contribution >= 0.6 is 0 Å². The van der Waals surface area contributed by atoms with Crippen molar-refractivity contribution in [3.05, 3.63) is 66.2 Å². The summed E-state index contributed by atoms with van der Waals surface area (Å²) in [6.45, 7) is 2.29. The van der Waals surface area contributed by atoms with E-state index in [0.29, 0.717) is 18.8 Å². The fraction of sp³-hybridized carbons (Fsp3) is 0.286. The van der Waals surface area contributed by atoms with E-state index in [0.717, 1.165) is 5.56 Å². The minimum atomic E-state index is -0.934. The van der Waals surface area contributed by atoms with E-state index < -0.39 is 23.9 Å². The quantitative estimate of drug-likeness (QED) is 0.798. The van der Waals surface area contributed by atoms with Gasteiger partial charge in [0.05, 0.1) is 5.92 Å². The summed E-state index contributed by atoms with van der Waals surface area (Å²) in [7, 11) is 0. The molecule has 1 saturated heterocycles. The smallest absolute Gasteiger partial charge is 0.312 e. The lowest BCUT2D eigenvalue weighted by Crippen LogP contribution is -2.33. The van der Waals surface area contributed by atoms with Gasteiger partial charge in [-0.25, -0.2) is 0 Å². The van der Waals surface area contributed by atoms with Crippen LogP contribution in [0.2, 0.25) is 0 Å². The third-order valence-corrected chi connectivity index (χ3v) is 4.47. The maximum Gasteiger partial charge on any atom is 0.312 e. The number of ether oxygens (including phenoxy) is 1. The number of hydrogen-bond donors (Lipinski definition) is 1. The van der Waals surface area contributed by atoms with Crippen molar-refractivity contribution < 1.29 is 19.1 Å². The molecule has 1 heterocycles. The van der Waals surface area contributed by atoms with Gasteiger partial charge in [-0.3, -0.25) is 14.4 Å². The first-order valence-corrected chi connectivity index (χ1v) is 8.91. The highest BCUT2D eigenvalue weighted by Gasteiger charge is 2.36. The molecule has 2 aromatic carbocycles. The number of amides is 2. The Morgan fingerprint density at radius 3 is 2.41 bits per heavy atom. The van der Waals surface area contributed by atoms with Crippen LogP contribution in [0.25, 0.3) is 0 Å². The van der Waals surface area contributed by atoms with Crippen LogP contribution in [0, 0.1) is 5.92 Å². The first-order valence-electron chi connectivity index (χ1n) is 8.91. The third kappa shape index (κ3) is 4.94. The summed E-state index contributed by atoms with van der Waals surface area (Å²) in [5.41, 5.74) is 1.64. The Balaban J connectivity index is 1.52. The predicted octanol–water partition coefficient (Wildman–Crippen LogP) is 2.61. The molecule has 6 heteroatoms. The Morgan fingerprint density at radius 2 is 1.74 bits per heavy atom. The number of esters is 1. The van der Waals surface area contributed by atoms with Gasteiger partial charge in [0.15, 0.2) is 6.10 Å². The van der Waals surface area contributed by atoms with Gasteiger partial charge >= 0.3 is 5.97 Å². The Hall–Kier alpha value is -3.15. The van der Waals surface area contributed by atoms with Gasteiger partial charge in [-0.05, 0) is 24.6 Å². The summed E-state index contributed by atoms with van der Waals surface area (Å²) in [5.74, 6) is -1.55. The maximum atomic E-state index is 12.4. The van der Waals surface area contributed by atoms with Crippen LogP contribution in [-0.4, -0.2) is 35.3 Å². The second kappa shape index (κ2) is 8.49. The molecule has 0 spiro atoms. The van der Waals surface area contributed by atoms with Crippen molar-refractivity contribution >= 4 is 23.5 Å². The zero-order valence-corrected chi connectivity index (χ0v) is 15.1. The normalized spacial score (nSPS) is 17.4. The number of para-hydroxylation sites is 1. The van der Waals surface area contributed by atoms with E-state index in [1.807, 2.05) is 36.4 Å². The Bertz CT molecular complexity index is 807. The van der Waals surface area contributed by atoms with Crippen molar-refractivity contribution in [3.63, 3.8) is 0 Å². The molecular weight excluding hydrogens is 344 g/mol. The fourth-order valence-corrected chi connectivity index (χ4v) is 2.98. The molecule has 1 aliphatic heterocycles. The second-order valence-electron chi connectivity index (χ2n) is 6.60. The minimum absolute atomic E-state index is 0.0813. The molecule has 0 unspecified atom stereocenters. The maximum absolute atomic E-state index is 12.4. The molecule has 6 nitrogen and oxygen atoms in total. The van der Waals surface area contributed by atoms with E-state index in [4.69, 9.17) is 4.74 Å². The number of carbonyl (C=O) groups is 3. The van der Waals surface area contributed by atoms with Crippen LogP contribution < -0.4 is 5.32 Å². The zero-order chi connectivity index (χ0) is 19.2. The van der Waals surface area contributed by atoms with E-state index in [2.05, 4.69) is 5.32 Å². The first-order chi connectivity index (χ1) is 13.0. The average Bonchev–Trinajstić information content (AvgIpc) is 3.04. The number of likely N-dealkylation sites (tertiary alicyclic amines) is 1. The van der Waals surface area contributed by atoms with E-state index >= 15 is 0 Å². The molecule has 2 amide bonds. The molecule has 0 saturated carbocycles. The number of nitrogens with zero attached hydrogens (tertiary/aromatic N) is 1. The zero-order valence-electron chi connectivity index (χ0n) is 15.1. The number of hydrogen-bond acceptors (Lipinski definition) is 4. The van der Waals surface area contributed by atoms with E-state index in [-0.39, 0.29) is 12.3 Å². The molecule has 2 aromatic rings. The number of anilines is 1. The molecule has 1 fully saturated rings. The van der Waals surface area contributed by atoms with Crippen molar-refractivity contribution in [3.8, 4) is 0 Å².